The first-order valence-electron chi connectivity index (χ1n) is 12.7. The smallest absolute Gasteiger partial charge is 0.338 e. The van der Waals surface area contributed by atoms with E-state index in [9.17, 15) is 9.59 Å². The van der Waals surface area contributed by atoms with Gasteiger partial charge in [0.1, 0.15) is 23.3 Å². The Balaban J connectivity index is 2.00. The lowest BCUT2D eigenvalue weighted by Crippen LogP contribution is -2.40. The first-order chi connectivity index (χ1) is 18.6. The molecule has 0 saturated carbocycles. The molecule has 0 radical (unpaired) electrons. The predicted octanol–water partition coefficient (Wildman–Crippen LogP) is 4.26. The van der Waals surface area contributed by atoms with Gasteiger partial charge in [0.25, 0.3) is 5.56 Å². The molecule has 1 aliphatic rings. The van der Waals surface area contributed by atoms with E-state index in [1.165, 1.54) is 11.3 Å². The van der Waals surface area contributed by atoms with Crippen molar-refractivity contribution in [2.45, 2.75) is 46.6 Å². The average molecular weight is 551 g/mol. The molecule has 0 bridgehead atoms. The van der Waals surface area contributed by atoms with E-state index in [0.29, 0.717) is 37.7 Å². The first-order valence-corrected chi connectivity index (χ1v) is 13.6. The number of aromatic nitrogens is 1. The van der Waals surface area contributed by atoms with Crippen LogP contribution in [0.2, 0.25) is 0 Å². The molecule has 0 aliphatic carbocycles. The quantitative estimate of drug-likeness (QED) is 0.390. The summed E-state index contributed by atoms with van der Waals surface area (Å²) in [5.74, 6) is 1.62. The van der Waals surface area contributed by atoms with Crippen LogP contribution in [0.1, 0.15) is 61.9 Å². The molecule has 0 saturated heterocycles. The number of hydrogen-bond donors (Lipinski definition) is 0. The highest BCUT2D eigenvalue weighted by molar-refractivity contribution is 7.07. The van der Waals surface area contributed by atoms with Gasteiger partial charge >= 0.3 is 5.97 Å². The van der Waals surface area contributed by atoms with Crippen LogP contribution in [-0.4, -0.2) is 38.5 Å². The zero-order valence-corrected chi connectivity index (χ0v) is 24.4. The van der Waals surface area contributed by atoms with Crippen molar-refractivity contribution in [3.8, 4) is 17.2 Å². The van der Waals surface area contributed by atoms with Crippen molar-refractivity contribution in [3.63, 3.8) is 0 Å². The lowest BCUT2D eigenvalue weighted by atomic mass is 9.95. The minimum atomic E-state index is -0.786. The molecule has 4 rings (SSSR count). The maximum absolute atomic E-state index is 14.0. The maximum Gasteiger partial charge on any atom is 0.338 e. The normalized spacial score (nSPS) is 15.2. The number of ether oxygens (including phenoxy) is 4. The Kier molecular flexibility index (Phi) is 8.30. The Labute approximate surface area is 231 Å². The Morgan fingerprint density at radius 1 is 1.08 bits per heavy atom. The van der Waals surface area contributed by atoms with Gasteiger partial charge in [0, 0.05) is 11.6 Å². The van der Waals surface area contributed by atoms with Crippen LogP contribution in [0.3, 0.4) is 0 Å². The van der Waals surface area contributed by atoms with Crippen molar-refractivity contribution in [1.82, 2.24) is 4.57 Å². The molecule has 206 valence electrons. The molecule has 0 N–H and O–H groups in total. The Morgan fingerprint density at radius 2 is 1.79 bits per heavy atom. The van der Waals surface area contributed by atoms with Gasteiger partial charge < -0.3 is 18.9 Å². The third kappa shape index (κ3) is 5.23. The summed E-state index contributed by atoms with van der Waals surface area (Å²) in [4.78, 5) is 32.4. The van der Waals surface area contributed by atoms with Gasteiger partial charge in [-0.1, -0.05) is 25.2 Å². The third-order valence-corrected chi connectivity index (χ3v) is 7.76. The van der Waals surface area contributed by atoms with Crippen LogP contribution < -0.4 is 29.1 Å². The van der Waals surface area contributed by atoms with Gasteiger partial charge in [0.05, 0.1) is 43.7 Å². The summed E-state index contributed by atoms with van der Waals surface area (Å²) in [6.07, 6.45) is 1.89. The van der Waals surface area contributed by atoms with Crippen molar-refractivity contribution in [2.75, 3.05) is 27.9 Å². The van der Waals surface area contributed by atoms with Gasteiger partial charge in [-0.3, -0.25) is 9.36 Å². The van der Waals surface area contributed by atoms with Crippen molar-refractivity contribution in [3.05, 3.63) is 83.5 Å². The average Bonchev–Trinajstić information content (AvgIpc) is 3.22. The van der Waals surface area contributed by atoms with Gasteiger partial charge in [-0.05, 0) is 73.7 Å². The van der Waals surface area contributed by atoms with Crippen LogP contribution in [-0.2, 0) is 9.53 Å². The van der Waals surface area contributed by atoms with Crippen molar-refractivity contribution in [2.24, 2.45) is 4.99 Å². The van der Waals surface area contributed by atoms with Gasteiger partial charge in [-0.15, -0.1) is 0 Å². The van der Waals surface area contributed by atoms with Crippen LogP contribution in [0.5, 0.6) is 17.2 Å². The van der Waals surface area contributed by atoms with Crippen molar-refractivity contribution >= 4 is 23.4 Å². The maximum atomic E-state index is 14.0. The van der Waals surface area contributed by atoms with Crippen LogP contribution >= 0.6 is 11.3 Å². The molecular weight excluding hydrogens is 516 g/mol. The molecule has 0 spiro atoms. The molecule has 3 aromatic rings. The third-order valence-electron chi connectivity index (χ3n) is 6.78. The van der Waals surface area contributed by atoms with Crippen molar-refractivity contribution in [1.29, 1.82) is 0 Å². The molecule has 8 nitrogen and oxygen atoms in total. The monoisotopic (exact) mass is 550 g/mol. The number of allylic oxidation sites excluding steroid dienone is 1. The number of hydrogen-bond acceptors (Lipinski definition) is 8. The molecule has 2 aromatic carbocycles. The van der Waals surface area contributed by atoms with E-state index in [1.807, 2.05) is 19.1 Å². The minimum Gasteiger partial charge on any atom is -0.497 e. The number of carbonyl (C=O) groups excluding carboxylic acids is 1. The van der Waals surface area contributed by atoms with E-state index in [0.717, 1.165) is 22.4 Å². The summed E-state index contributed by atoms with van der Waals surface area (Å²) in [6, 6.07) is 8.59. The molecule has 1 aliphatic heterocycles. The second-order valence-electron chi connectivity index (χ2n) is 9.52. The second-order valence-corrected chi connectivity index (χ2v) is 10.5. The SMILES string of the molecule is CCOC(=O)C1=C(C)N=c2s/c(=C/c3cc(C(C)C)c(OC)cc3C)c(=O)n2C1c1ccc(OC)cc1OC. The fraction of sp³-hybridized carbons (Fsp3) is 0.367. The number of fused-ring (bicyclic) bond motifs is 1. The van der Waals surface area contributed by atoms with E-state index >= 15 is 0 Å². The number of aryl methyl sites for hydroxylation is 1. The van der Waals surface area contributed by atoms with E-state index in [2.05, 4.69) is 24.9 Å². The zero-order chi connectivity index (χ0) is 28.4. The number of methoxy groups -OCH3 is 3. The number of carbonyl (C=O) groups is 1. The van der Waals surface area contributed by atoms with E-state index in [4.69, 9.17) is 18.9 Å². The fourth-order valence-electron chi connectivity index (χ4n) is 4.77. The van der Waals surface area contributed by atoms with Gasteiger partial charge in [-0.2, -0.15) is 0 Å². The summed E-state index contributed by atoms with van der Waals surface area (Å²) in [5, 5.41) is 0. The van der Waals surface area contributed by atoms with Gasteiger partial charge in [0.2, 0.25) is 0 Å². The number of esters is 1. The zero-order valence-electron chi connectivity index (χ0n) is 23.6. The summed E-state index contributed by atoms with van der Waals surface area (Å²) in [5.41, 5.74) is 4.13. The highest BCUT2D eigenvalue weighted by Gasteiger charge is 2.35. The molecule has 9 heteroatoms. The summed E-state index contributed by atoms with van der Waals surface area (Å²) < 4.78 is 24.1. The number of thiazole rings is 1. The molecule has 0 amide bonds. The van der Waals surface area contributed by atoms with Gasteiger partial charge in [0.15, 0.2) is 4.80 Å². The Hall–Kier alpha value is -3.85. The second kappa shape index (κ2) is 11.5. The Bertz CT molecular complexity index is 1630. The molecule has 2 heterocycles. The van der Waals surface area contributed by atoms with Crippen LogP contribution in [0.25, 0.3) is 6.08 Å². The van der Waals surface area contributed by atoms with Crippen LogP contribution in [0, 0.1) is 6.92 Å². The first kappa shape index (κ1) is 28.2. The lowest BCUT2D eigenvalue weighted by molar-refractivity contribution is -0.139. The number of nitrogens with zero attached hydrogens (tertiary/aromatic N) is 2. The molecule has 1 aromatic heterocycles. The molecular formula is C30H34N2O6S. The number of rotatable bonds is 8. The summed E-state index contributed by atoms with van der Waals surface area (Å²) in [6.45, 7) is 9.90. The predicted molar refractivity (Wildman–Crippen MR) is 152 cm³/mol. The van der Waals surface area contributed by atoms with Crippen LogP contribution in [0.4, 0.5) is 0 Å². The standard InChI is InChI=1S/C30H34N2O6S/c1-9-38-29(34)26-18(5)31-30-32(27(26)21-11-10-20(35-6)15-24(21)37-8)28(33)25(39-30)14-19-13-22(16(2)3)23(36-7)12-17(19)4/h10-16,27H,9H2,1-8H3/b25-14+. The van der Waals surface area contributed by atoms with Gasteiger partial charge in [-0.25, -0.2) is 9.79 Å². The molecule has 1 unspecified atom stereocenters. The molecule has 1 atom stereocenters. The minimum absolute atomic E-state index is 0.196. The molecule has 39 heavy (non-hydrogen) atoms. The van der Waals surface area contributed by atoms with E-state index in [-0.39, 0.29) is 18.1 Å². The fourth-order valence-corrected chi connectivity index (χ4v) is 5.81. The summed E-state index contributed by atoms with van der Waals surface area (Å²) >= 11 is 1.29. The number of benzene rings is 2. The highest BCUT2D eigenvalue weighted by atomic mass is 32.1. The van der Waals surface area contributed by atoms with Crippen molar-refractivity contribution < 1.29 is 23.7 Å². The van der Waals surface area contributed by atoms with E-state index in [1.54, 1.807) is 57.9 Å². The topological polar surface area (TPSA) is 88.4 Å². The largest absolute Gasteiger partial charge is 0.497 e. The lowest BCUT2D eigenvalue weighted by Gasteiger charge is -2.26. The van der Waals surface area contributed by atoms with E-state index < -0.39 is 12.0 Å². The molecule has 0 fully saturated rings. The highest BCUT2D eigenvalue weighted by Crippen LogP contribution is 2.37. The summed E-state index contributed by atoms with van der Waals surface area (Å²) in [7, 11) is 4.77. The Morgan fingerprint density at radius 3 is 2.41 bits per heavy atom. The van der Waals surface area contributed by atoms with Crippen LogP contribution in [0.15, 0.2) is 51.4 Å².